The van der Waals surface area contributed by atoms with Crippen LogP contribution in [0.4, 0.5) is 13.2 Å². The van der Waals surface area contributed by atoms with Gasteiger partial charge in [0.05, 0.1) is 11.6 Å². The third-order valence-electron chi connectivity index (χ3n) is 8.08. The molecule has 1 heterocycles. The molecule has 2 amide bonds. The highest BCUT2D eigenvalue weighted by atomic mass is 19.4. The molecule has 41 heavy (non-hydrogen) atoms. The van der Waals surface area contributed by atoms with Crippen LogP contribution in [0, 0.1) is 0 Å². The van der Waals surface area contributed by atoms with Gasteiger partial charge in [0.15, 0.2) is 0 Å². The van der Waals surface area contributed by atoms with E-state index in [1.165, 1.54) is 18.2 Å². The van der Waals surface area contributed by atoms with Gasteiger partial charge in [0.25, 0.3) is 5.91 Å². The van der Waals surface area contributed by atoms with Crippen LogP contribution in [0.5, 0.6) is 0 Å². The molecule has 0 aromatic heterocycles. The Labute approximate surface area is 236 Å². The third kappa shape index (κ3) is 5.85. The van der Waals surface area contributed by atoms with Crippen molar-refractivity contribution in [2.45, 2.75) is 69.3 Å². The average molecular weight is 565 g/mol. The lowest BCUT2D eigenvalue weighted by Crippen LogP contribution is -2.50. The molecular weight excluding hydrogens is 533 g/mol. The fourth-order valence-electron chi connectivity index (χ4n) is 6.10. The van der Waals surface area contributed by atoms with Crippen molar-refractivity contribution in [1.82, 2.24) is 4.90 Å². The summed E-state index contributed by atoms with van der Waals surface area (Å²) in [6.07, 6.45) is 0.913. The van der Waals surface area contributed by atoms with Crippen molar-refractivity contribution in [3.8, 4) is 0 Å². The molecule has 5 rings (SSSR count). The first kappa shape index (κ1) is 28.4. The van der Waals surface area contributed by atoms with Crippen molar-refractivity contribution in [3.63, 3.8) is 0 Å². The van der Waals surface area contributed by atoms with Crippen molar-refractivity contribution in [2.24, 2.45) is 5.73 Å². The van der Waals surface area contributed by atoms with Gasteiger partial charge in [-0.3, -0.25) is 14.4 Å². The van der Waals surface area contributed by atoms with Gasteiger partial charge in [0, 0.05) is 22.7 Å². The van der Waals surface area contributed by atoms with Crippen molar-refractivity contribution in [1.29, 1.82) is 0 Å². The lowest BCUT2D eigenvalue weighted by atomic mass is 9.78. The molecule has 1 aliphatic carbocycles. The second kappa shape index (κ2) is 11.8. The van der Waals surface area contributed by atoms with Crippen LogP contribution in [0.3, 0.4) is 0 Å². The summed E-state index contributed by atoms with van der Waals surface area (Å²) < 4.78 is 46.5. The summed E-state index contributed by atoms with van der Waals surface area (Å²) in [4.78, 5) is 41.5. The highest BCUT2D eigenvalue weighted by molar-refractivity contribution is 6.01. The van der Waals surface area contributed by atoms with E-state index in [4.69, 9.17) is 10.5 Å². The molecule has 0 saturated heterocycles. The number of rotatable bonds is 6. The zero-order valence-electron chi connectivity index (χ0n) is 22.4. The number of carbonyl (C=O) groups excluding carboxylic acids is 3. The number of carbonyl (C=O) groups is 3. The Balaban J connectivity index is 1.58. The maximum Gasteiger partial charge on any atom is 0.416 e. The van der Waals surface area contributed by atoms with Crippen LogP contribution in [0.15, 0.2) is 72.8 Å². The maximum absolute atomic E-state index is 14.1. The van der Waals surface area contributed by atoms with Crippen molar-refractivity contribution in [2.75, 3.05) is 0 Å². The van der Waals surface area contributed by atoms with Crippen molar-refractivity contribution in [3.05, 3.63) is 106 Å². The van der Waals surface area contributed by atoms with Gasteiger partial charge in [0.2, 0.25) is 5.91 Å². The van der Waals surface area contributed by atoms with E-state index in [9.17, 15) is 27.6 Å². The molecule has 9 heteroatoms. The SMILES string of the molecule is NC(=O)c1ccc(C2C(C(=O)OCc3ccccc3C(F)(F)F)c3ccccc3C(=O)N2C2CCCCCC2)cc1. The van der Waals surface area contributed by atoms with Gasteiger partial charge in [0.1, 0.15) is 12.5 Å². The summed E-state index contributed by atoms with van der Waals surface area (Å²) >= 11 is 0. The fraction of sp³-hybridized carbons (Fsp3) is 0.344. The van der Waals surface area contributed by atoms with Gasteiger partial charge < -0.3 is 15.4 Å². The Hall–Kier alpha value is -4.14. The van der Waals surface area contributed by atoms with E-state index in [1.54, 1.807) is 53.4 Å². The van der Waals surface area contributed by atoms with Crippen LogP contribution in [0.1, 0.15) is 93.5 Å². The molecule has 1 fully saturated rings. The minimum Gasteiger partial charge on any atom is -0.460 e. The quantitative estimate of drug-likeness (QED) is 0.272. The number of nitrogens with two attached hydrogens (primary N) is 1. The zero-order chi connectivity index (χ0) is 29.1. The van der Waals surface area contributed by atoms with Gasteiger partial charge >= 0.3 is 12.1 Å². The molecule has 0 radical (unpaired) electrons. The third-order valence-corrected chi connectivity index (χ3v) is 8.08. The van der Waals surface area contributed by atoms with Gasteiger partial charge in [-0.2, -0.15) is 13.2 Å². The number of fused-ring (bicyclic) bond motifs is 1. The predicted octanol–water partition coefficient (Wildman–Crippen LogP) is 6.55. The molecule has 0 bridgehead atoms. The Bertz CT molecular complexity index is 1430. The molecule has 1 aliphatic heterocycles. The molecule has 0 spiro atoms. The Kier molecular flexibility index (Phi) is 8.15. The van der Waals surface area contributed by atoms with E-state index in [2.05, 4.69) is 0 Å². The molecule has 2 atom stereocenters. The van der Waals surface area contributed by atoms with E-state index in [-0.39, 0.29) is 23.1 Å². The highest BCUT2D eigenvalue weighted by Gasteiger charge is 2.47. The summed E-state index contributed by atoms with van der Waals surface area (Å²) in [7, 11) is 0. The van der Waals surface area contributed by atoms with Crippen LogP contribution in [-0.4, -0.2) is 28.7 Å². The zero-order valence-corrected chi connectivity index (χ0v) is 22.4. The summed E-state index contributed by atoms with van der Waals surface area (Å²) in [5, 5.41) is 0. The van der Waals surface area contributed by atoms with Gasteiger partial charge in [-0.25, -0.2) is 0 Å². The first-order valence-electron chi connectivity index (χ1n) is 13.8. The van der Waals surface area contributed by atoms with Crippen LogP contribution < -0.4 is 5.73 Å². The van der Waals surface area contributed by atoms with Crippen LogP contribution in [-0.2, 0) is 22.3 Å². The number of esters is 1. The highest BCUT2D eigenvalue weighted by Crippen LogP contribution is 2.46. The number of primary amides is 1. The van der Waals surface area contributed by atoms with Gasteiger partial charge in [-0.05, 0) is 48.2 Å². The molecule has 3 aromatic carbocycles. The summed E-state index contributed by atoms with van der Waals surface area (Å²) in [5.74, 6) is -2.54. The first-order valence-corrected chi connectivity index (χ1v) is 13.8. The Morgan fingerprint density at radius 1 is 0.878 bits per heavy atom. The van der Waals surface area contributed by atoms with Crippen LogP contribution in [0.2, 0.25) is 0 Å². The minimum absolute atomic E-state index is 0.138. The molecular formula is C32H31F3N2O4. The maximum atomic E-state index is 14.1. The number of halogens is 3. The van der Waals surface area contributed by atoms with Gasteiger partial charge in [-0.1, -0.05) is 74.2 Å². The number of ether oxygens (including phenoxy) is 1. The second-order valence-corrected chi connectivity index (χ2v) is 10.6. The number of amides is 2. The normalized spacial score (nSPS) is 19.8. The number of hydrogen-bond acceptors (Lipinski definition) is 4. The van der Waals surface area contributed by atoms with Crippen LogP contribution in [0.25, 0.3) is 0 Å². The standard InChI is InChI=1S/C32H31F3N2O4/c33-32(34,35)26-14-8-5-9-22(26)19-41-31(40)27-24-12-6-7-13-25(24)30(39)37(23-10-3-1-2-4-11-23)28(27)20-15-17-21(18-16-20)29(36)38/h5-9,12-18,23,27-28H,1-4,10-11,19H2,(H2,36,38). The summed E-state index contributed by atoms with van der Waals surface area (Å²) in [5.41, 5.74) is 6.14. The lowest BCUT2D eigenvalue weighted by molar-refractivity contribution is -0.151. The molecule has 214 valence electrons. The number of benzene rings is 3. The molecule has 1 saturated carbocycles. The molecule has 2 unspecified atom stereocenters. The van der Waals surface area contributed by atoms with Crippen LogP contribution >= 0.6 is 0 Å². The molecule has 2 aliphatic rings. The smallest absolute Gasteiger partial charge is 0.416 e. The predicted molar refractivity (Wildman–Crippen MR) is 146 cm³/mol. The number of hydrogen-bond donors (Lipinski definition) is 1. The largest absolute Gasteiger partial charge is 0.460 e. The minimum atomic E-state index is -4.60. The number of nitrogens with zero attached hydrogens (tertiary/aromatic N) is 1. The van der Waals surface area contributed by atoms with E-state index >= 15 is 0 Å². The Morgan fingerprint density at radius 2 is 1.51 bits per heavy atom. The summed E-state index contributed by atoms with van der Waals surface area (Å²) in [6, 6.07) is 17.3. The van der Waals surface area contributed by atoms with Gasteiger partial charge in [-0.15, -0.1) is 0 Å². The topological polar surface area (TPSA) is 89.7 Å². The molecule has 2 N–H and O–H groups in total. The fourth-order valence-corrected chi connectivity index (χ4v) is 6.10. The van der Waals surface area contributed by atoms with Crippen molar-refractivity contribution < 1.29 is 32.3 Å². The second-order valence-electron chi connectivity index (χ2n) is 10.6. The molecule has 6 nitrogen and oxygen atoms in total. The lowest BCUT2D eigenvalue weighted by Gasteiger charge is -2.45. The average Bonchev–Trinajstić information content (AvgIpc) is 3.25. The van der Waals surface area contributed by atoms with E-state index in [0.29, 0.717) is 16.7 Å². The molecule has 3 aromatic rings. The van der Waals surface area contributed by atoms with E-state index in [1.807, 2.05) is 0 Å². The summed E-state index contributed by atoms with van der Waals surface area (Å²) in [6.45, 7) is -0.572. The van der Waals surface area contributed by atoms with E-state index < -0.39 is 42.2 Å². The Morgan fingerprint density at radius 3 is 2.17 bits per heavy atom. The first-order chi connectivity index (χ1) is 19.7. The number of alkyl halides is 3. The van der Waals surface area contributed by atoms with Crippen molar-refractivity contribution >= 4 is 17.8 Å². The van der Waals surface area contributed by atoms with E-state index in [0.717, 1.165) is 44.6 Å². The monoisotopic (exact) mass is 564 g/mol.